The van der Waals surface area contributed by atoms with Gasteiger partial charge in [0.2, 0.25) is 0 Å². The van der Waals surface area contributed by atoms with Crippen molar-refractivity contribution in [2.45, 2.75) is 0 Å². The van der Waals surface area contributed by atoms with Gasteiger partial charge in [-0.1, -0.05) is 72.8 Å². The van der Waals surface area contributed by atoms with E-state index in [1.807, 2.05) is 18.5 Å². The van der Waals surface area contributed by atoms with Crippen LogP contribution in [0.2, 0.25) is 0 Å². The molecule has 0 saturated heterocycles. The topological polar surface area (TPSA) is 30.2 Å². The summed E-state index contributed by atoms with van der Waals surface area (Å²) in [6.07, 6.45) is 6.05. The number of hydrogen-bond donors (Lipinski definition) is 0. The van der Waals surface area contributed by atoms with E-state index >= 15 is 0 Å². The zero-order valence-electron chi connectivity index (χ0n) is 19.2. The molecule has 0 bridgehead atoms. The second-order valence-electron chi connectivity index (χ2n) is 9.09. The van der Waals surface area contributed by atoms with E-state index in [1.165, 1.54) is 53.2 Å². The molecule has 3 nitrogen and oxygen atoms in total. The Balaban J connectivity index is 1.49. The molecular formula is C32H19N3S. The average Bonchev–Trinajstić information content (AvgIpc) is 3.48. The van der Waals surface area contributed by atoms with E-state index in [1.54, 1.807) is 11.3 Å². The number of rotatable bonds is 2. The van der Waals surface area contributed by atoms with Crippen LogP contribution >= 0.6 is 11.3 Å². The predicted molar refractivity (Wildman–Crippen MR) is 152 cm³/mol. The third-order valence-electron chi connectivity index (χ3n) is 7.09. The fourth-order valence-corrected chi connectivity index (χ4v) is 6.69. The maximum Gasteiger partial charge on any atom is 0.138 e. The van der Waals surface area contributed by atoms with E-state index in [2.05, 4.69) is 107 Å². The number of fused-ring (bicyclic) bond motifs is 7. The Hall–Kier alpha value is -4.54. The lowest BCUT2D eigenvalue weighted by molar-refractivity contribution is 1.24. The van der Waals surface area contributed by atoms with Crippen LogP contribution in [0.1, 0.15) is 0 Å². The molecule has 0 spiro atoms. The van der Waals surface area contributed by atoms with Gasteiger partial charge in [0, 0.05) is 34.2 Å². The first kappa shape index (κ1) is 19.7. The zero-order chi connectivity index (χ0) is 23.6. The predicted octanol–water partition coefficient (Wildman–Crippen LogP) is 8.74. The SMILES string of the molecule is c1cncc(-c2c3ccccc3c(-c3ccc4nc5c6ccccc6sc5n4c3)c3ccccc23)c1. The maximum atomic E-state index is 4.98. The minimum Gasteiger partial charge on any atom is -0.290 e. The number of benzene rings is 4. The molecule has 168 valence electrons. The lowest BCUT2D eigenvalue weighted by atomic mass is 9.87. The number of aromatic nitrogens is 3. The summed E-state index contributed by atoms with van der Waals surface area (Å²) in [5.74, 6) is 0. The smallest absolute Gasteiger partial charge is 0.138 e. The van der Waals surface area contributed by atoms with Crippen LogP contribution in [0.15, 0.2) is 116 Å². The van der Waals surface area contributed by atoms with E-state index in [0.29, 0.717) is 0 Å². The van der Waals surface area contributed by atoms with Crippen LogP contribution in [-0.4, -0.2) is 14.4 Å². The first-order valence-corrected chi connectivity index (χ1v) is 12.8. The van der Waals surface area contributed by atoms with Crippen LogP contribution in [0, 0.1) is 0 Å². The van der Waals surface area contributed by atoms with E-state index in [4.69, 9.17) is 4.98 Å². The summed E-state index contributed by atoms with van der Waals surface area (Å²) >= 11 is 1.80. The molecule has 0 N–H and O–H groups in total. The summed E-state index contributed by atoms with van der Waals surface area (Å²) in [5.41, 5.74) is 6.85. The van der Waals surface area contributed by atoms with E-state index in [9.17, 15) is 0 Å². The molecular weight excluding hydrogens is 458 g/mol. The molecule has 4 aromatic carbocycles. The third kappa shape index (κ3) is 2.73. The number of thiophene rings is 1. The van der Waals surface area contributed by atoms with Crippen molar-refractivity contribution in [2.24, 2.45) is 0 Å². The molecule has 4 heteroatoms. The second kappa shape index (κ2) is 7.48. The largest absolute Gasteiger partial charge is 0.290 e. The van der Waals surface area contributed by atoms with Crippen LogP contribution in [-0.2, 0) is 0 Å². The van der Waals surface area contributed by atoms with Crippen LogP contribution in [0.5, 0.6) is 0 Å². The van der Waals surface area contributed by atoms with Crippen LogP contribution < -0.4 is 0 Å². The van der Waals surface area contributed by atoms with Crippen molar-refractivity contribution in [3.05, 3.63) is 116 Å². The van der Waals surface area contributed by atoms with Gasteiger partial charge in [0.15, 0.2) is 0 Å². The summed E-state index contributed by atoms with van der Waals surface area (Å²) in [4.78, 5) is 10.6. The van der Waals surface area contributed by atoms with Crippen molar-refractivity contribution < 1.29 is 0 Å². The highest BCUT2D eigenvalue weighted by Gasteiger charge is 2.18. The molecule has 0 radical (unpaired) electrons. The Morgan fingerprint density at radius 1 is 0.583 bits per heavy atom. The molecule has 36 heavy (non-hydrogen) atoms. The first-order chi connectivity index (χ1) is 17.9. The van der Waals surface area contributed by atoms with Crippen LogP contribution in [0.4, 0.5) is 0 Å². The monoisotopic (exact) mass is 477 g/mol. The molecule has 8 aromatic rings. The van der Waals surface area contributed by atoms with Gasteiger partial charge in [-0.15, -0.1) is 11.3 Å². The maximum absolute atomic E-state index is 4.98. The van der Waals surface area contributed by atoms with Gasteiger partial charge in [-0.3, -0.25) is 9.38 Å². The van der Waals surface area contributed by atoms with Crippen molar-refractivity contribution in [3.8, 4) is 22.3 Å². The zero-order valence-corrected chi connectivity index (χ0v) is 20.0. The van der Waals surface area contributed by atoms with Gasteiger partial charge in [-0.25, -0.2) is 4.98 Å². The Kier molecular flexibility index (Phi) is 4.10. The Morgan fingerprint density at radius 2 is 1.22 bits per heavy atom. The van der Waals surface area contributed by atoms with Crippen molar-refractivity contribution in [3.63, 3.8) is 0 Å². The van der Waals surface area contributed by atoms with Crippen molar-refractivity contribution >= 4 is 59.0 Å². The molecule has 0 unspecified atom stereocenters. The highest BCUT2D eigenvalue weighted by atomic mass is 32.1. The molecule has 0 atom stereocenters. The molecule has 8 rings (SSSR count). The van der Waals surface area contributed by atoms with Gasteiger partial charge in [0.05, 0.1) is 0 Å². The van der Waals surface area contributed by atoms with Gasteiger partial charge in [0.25, 0.3) is 0 Å². The number of pyridine rings is 2. The molecule has 0 amide bonds. The van der Waals surface area contributed by atoms with Crippen molar-refractivity contribution in [2.75, 3.05) is 0 Å². The fraction of sp³-hybridized carbons (Fsp3) is 0. The van der Waals surface area contributed by atoms with Gasteiger partial charge < -0.3 is 0 Å². The molecule has 0 aliphatic carbocycles. The molecule has 0 aliphatic rings. The molecule has 0 saturated carbocycles. The van der Waals surface area contributed by atoms with Crippen LogP contribution in [0.3, 0.4) is 0 Å². The van der Waals surface area contributed by atoms with Crippen molar-refractivity contribution in [1.29, 1.82) is 0 Å². The summed E-state index contributed by atoms with van der Waals surface area (Å²) < 4.78 is 3.53. The standard InChI is InChI=1S/C32H19N3S/c1-3-11-24-22(9-1)29(20-8-7-17-33-18-20)23-10-2-4-12-25(23)30(24)21-15-16-28-34-31-26-13-5-6-14-27(26)36-32(31)35(28)19-21/h1-19H. The third-order valence-corrected chi connectivity index (χ3v) is 8.25. The lowest BCUT2D eigenvalue weighted by Gasteiger charge is -2.17. The van der Waals surface area contributed by atoms with E-state index in [-0.39, 0.29) is 0 Å². The van der Waals surface area contributed by atoms with Crippen molar-refractivity contribution in [1.82, 2.24) is 14.4 Å². The minimum atomic E-state index is 0.978. The highest BCUT2D eigenvalue weighted by molar-refractivity contribution is 7.25. The quantitative estimate of drug-likeness (QED) is 0.233. The van der Waals surface area contributed by atoms with Gasteiger partial charge in [0.1, 0.15) is 16.0 Å². The minimum absolute atomic E-state index is 0.978. The Morgan fingerprint density at radius 3 is 1.89 bits per heavy atom. The number of imidazole rings is 1. The van der Waals surface area contributed by atoms with E-state index in [0.717, 1.165) is 16.7 Å². The summed E-state index contributed by atoms with van der Waals surface area (Å²) in [6, 6.07) is 34.5. The fourth-order valence-electron chi connectivity index (χ4n) is 5.56. The first-order valence-electron chi connectivity index (χ1n) is 12.0. The van der Waals surface area contributed by atoms with Gasteiger partial charge in [-0.05, 0) is 62.5 Å². The normalized spacial score (nSPS) is 11.9. The molecule has 0 fully saturated rings. The Bertz CT molecular complexity index is 2040. The van der Waals surface area contributed by atoms with E-state index < -0.39 is 0 Å². The van der Waals surface area contributed by atoms with Gasteiger partial charge >= 0.3 is 0 Å². The highest BCUT2D eigenvalue weighted by Crippen LogP contribution is 2.44. The summed E-state index contributed by atoms with van der Waals surface area (Å²) in [6.45, 7) is 0. The van der Waals surface area contributed by atoms with Crippen LogP contribution in [0.25, 0.3) is 69.9 Å². The molecule has 0 aliphatic heterocycles. The summed E-state index contributed by atoms with van der Waals surface area (Å²) in [5, 5.41) is 6.16. The van der Waals surface area contributed by atoms with Gasteiger partial charge in [-0.2, -0.15) is 0 Å². The number of hydrogen-bond acceptors (Lipinski definition) is 3. The number of nitrogens with zero attached hydrogens (tertiary/aromatic N) is 3. The second-order valence-corrected chi connectivity index (χ2v) is 10.1. The molecule has 4 aromatic heterocycles. The Labute approximate surface area is 210 Å². The molecule has 4 heterocycles. The summed E-state index contributed by atoms with van der Waals surface area (Å²) in [7, 11) is 0. The average molecular weight is 478 g/mol. The lowest BCUT2D eigenvalue weighted by Crippen LogP contribution is -1.92.